The molecule has 2 heteroatoms. The van der Waals surface area contributed by atoms with Crippen molar-refractivity contribution in [2.24, 2.45) is 5.41 Å². The highest BCUT2D eigenvalue weighted by atomic mass is 16.3. The van der Waals surface area contributed by atoms with Crippen LogP contribution in [0.5, 0.6) is 0 Å². The van der Waals surface area contributed by atoms with E-state index in [9.17, 15) is 5.11 Å². The maximum absolute atomic E-state index is 10.8. The van der Waals surface area contributed by atoms with Crippen LogP contribution >= 0.6 is 0 Å². The topological polar surface area (TPSA) is 33.1 Å². The van der Waals surface area contributed by atoms with Crippen molar-refractivity contribution in [1.29, 1.82) is 0 Å². The van der Waals surface area contributed by atoms with E-state index < -0.39 is 5.60 Å². The van der Waals surface area contributed by atoms with Crippen molar-refractivity contribution in [3.8, 4) is 0 Å². The number of aliphatic hydroxyl groups is 1. The summed E-state index contributed by atoms with van der Waals surface area (Å²) >= 11 is 0. The van der Waals surface area contributed by atoms with Gasteiger partial charge in [-0.1, -0.05) is 32.8 Å². The summed E-state index contributed by atoms with van der Waals surface area (Å²) in [7, 11) is 0. The monoisotopic (exact) mass is 205 g/mol. The van der Waals surface area contributed by atoms with Crippen LogP contribution in [-0.2, 0) is 5.60 Å². The predicted octanol–water partition coefficient (Wildman–Crippen LogP) is 2.87. The fourth-order valence-corrected chi connectivity index (χ4v) is 2.64. The van der Waals surface area contributed by atoms with Crippen LogP contribution in [0, 0.1) is 5.41 Å². The van der Waals surface area contributed by atoms with Crippen LogP contribution < -0.4 is 0 Å². The zero-order valence-electron chi connectivity index (χ0n) is 9.53. The lowest BCUT2D eigenvalue weighted by atomic mass is 9.63. The lowest BCUT2D eigenvalue weighted by molar-refractivity contribution is -0.104. The van der Waals surface area contributed by atoms with Gasteiger partial charge in [-0.2, -0.15) is 0 Å². The largest absolute Gasteiger partial charge is 0.385 e. The molecule has 1 aliphatic rings. The van der Waals surface area contributed by atoms with Gasteiger partial charge in [-0.15, -0.1) is 0 Å². The molecule has 0 spiro atoms. The van der Waals surface area contributed by atoms with Gasteiger partial charge in [0.15, 0.2) is 0 Å². The number of hydrogen-bond donors (Lipinski definition) is 1. The summed E-state index contributed by atoms with van der Waals surface area (Å²) in [5, 5.41) is 10.8. The second kappa shape index (κ2) is 3.60. The van der Waals surface area contributed by atoms with Gasteiger partial charge in [-0.3, -0.25) is 4.98 Å². The number of hydrogen-bond acceptors (Lipinski definition) is 2. The number of rotatable bonds is 1. The molecule has 2 rings (SSSR count). The first-order valence-electron chi connectivity index (χ1n) is 5.69. The Morgan fingerprint density at radius 1 is 1.27 bits per heavy atom. The van der Waals surface area contributed by atoms with Crippen LogP contribution in [0.3, 0.4) is 0 Å². The molecule has 0 saturated heterocycles. The summed E-state index contributed by atoms with van der Waals surface area (Å²) in [6.07, 6.45) is 7.81. The zero-order chi connectivity index (χ0) is 10.9. The molecule has 1 aromatic rings. The second-order valence-corrected chi connectivity index (χ2v) is 5.19. The van der Waals surface area contributed by atoms with Crippen LogP contribution in [-0.4, -0.2) is 10.1 Å². The van der Waals surface area contributed by atoms with Gasteiger partial charge < -0.3 is 5.11 Å². The summed E-state index contributed by atoms with van der Waals surface area (Å²) < 4.78 is 0. The maximum atomic E-state index is 10.8. The molecule has 1 aliphatic carbocycles. The SMILES string of the molecule is CC1(C)CCCCC1(O)c1cccnc1. The standard InChI is InChI=1S/C13H19NO/c1-12(2)7-3-4-8-13(12,15)11-6-5-9-14-10-11/h5-6,9-10,15H,3-4,7-8H2,1-2H3. The molecule has 0 bridgehead atoms. The van der Waals surface area contributed by atoms with Crippen LogP contribution in [0.4, 0.5) is 0 Å². The maximum Gasteiger partial charge on any atom is 0.0961 e. The van der Waals surface area contributed by atoms with Gasteiger partial charge in [-0.25, -0.2) is 0 Å². The molecular weight excluding hydrogens is 186 g/mol. The normalized spacial score (nSPS) is 30.1. The highest BCUT2D eigenvalue weighted by Gasteiger charge is 2.46. The second-order valence-electron chi connectivity index (χ2n) is 5.19. The van der Waals surface area contributed by atoms with E-state index in [1.54, 1.807) is 12.4 Å². The van der Waals surface area contributed by atoms with Crippen molar-refractivity contribution in [2.45, 2.75) is 45.1 Å². The number of aromatic nitrogens is 1. The minimum absolute atomic E-state index is 0.0473. The quantitative estimate of drug-likeness (QED) is 0.764. The third kappa shape index (κ3) is 1.67. The molecule has 1 aromatic heterocycles. The van der Waals surface area contributed by atoms with Gasteiger partial charge in [-0.05, 0) is 24.3 Å². The molecule has 0 radical (unpaired) electrons. The van der Waals surface area contributed by atoms with E-state index in [-0.39, 0.29) is 5.41 Å². The summed E-state index contributed by atoms with van der Waals surface area (Å²) in [5.41, 5.74) is 0.225. The van der Waals surface area contributed by atoms with E-state index in [0.29, 0.717) is 0 Å². The molecule has 15 heavy (non-hydrogen) atoms. The Morgan fingerprint density at radius 2 is 2.00 bits per heavy atom. The molecule has 1 atom stereocenters. The van der Waals surface area contributed by atoms with Gasteiger partial charge in [0.25, 0.3) is 0 Å². The first-order chi connectivity index (χ1) is 7.06. The lowest BCUT2D eigenvalue weighted by Gasteiger charge is -2.46. The van der Waals surface area contributed by atoms with E-state index in [0.717, 1.165) is 24.8 Å². The summed E-state index contributed by atoms with van der Waals surface area (Å²) in [6, 6.07) is 3.89. The Bertz CT molecular complexity index is 334. The Kier molecular flexibility index (Phi) is 2.55. The zero-order valence-corrected chi connectivity index (χ0v) is 9.53. The summed E-state index contributed by atoms with van der Waals surface area (Å²) in [6.45, 7) is 4.30. The molecule has 0 aliphatic heterocycles. The Morgan fingerprint density at radius 3 is 2.60 bits per heavy atom. The Labute approximate surface area is 91.4 Å². The number of pyridine rings is 1. The third-order valence-electron chi connectivity index (χ3n) is 3.85. The molecule has 0 aromatic carbocycles. The highest BCUT2D eigenvalue weighted by molar-refractivity contribution is 5.22. The van der Waals surface area contributed by atoms with Crippen molar-refractivity contribution >= 4 is 0 Å². The van der Waals surface area contributed by atoms with E-state index in [1.165, 1.54) is 6.42 Å². The van der Waals surface area contributed by atoms with E-state index in [2.05, 4.69) is 18.8 Å². The Hall–Kier alpha value is -0.890. The lowest BCUT2D eigenvalue weighted by Crippen LogP contribution is -2.44. The van der Waals surface area contributed by atoms with Crippen LogP contribution in [0.1, 0.15) is 45.1 Å². The summed E-state index contributed by atoms with van der Waals surface area (Å²) in [4.78, 5) is 4.11. The molecule has 2 nitrogen and oxygen atoms in total. The van der Waals surface area contributed by atoms with Crippen molar-refractivity contribution in [2.75, 3.05) is 0 Å². The van der Waals surface area contributed by atoms with Gasteiger partial charge in [0.05, 0.1) is 5.60 Å². The minimum atomic E-state index is -0.695. The highest BCUT2D eigenvalue weighted by Crippen LogP contribution is 2.49. The van der Waals surface area contributed by atoms with Crippen molar-refractivity contribution in [1.82, 2.24) is 4.98 Å². The first kappa shape index (κ1) is 10.6. The fraction of sp³-hybridized carbons (Fsp3) is 0.615. The third-order valence-corrected chi connectivity index (χ3v) is 3.85. The van der Waals surface area contributed by atoms with Crippen LogP contribution in [0.2, 0.25) is 0 Å². The summed E-state index contributed by atoms with van der Waals surface area (Å²) in [5.74, 6) is 0. The number of nitrogens with zero attached hydrogens (tertiary/aromatic N) is 1. The molecule has 1 unspecified atom stereocenters. The molecule has 1 fully saturated rings. The van der Waals surface area contributed by atoms with E-state index in [4.69, 9.17) is 0 Å². The molecular formula is C13H19NO. The van der Waals surface area contributed by atoms with Gasteiger partial charge in [0.2, 0.25) is 0 Å². The molecule has 1 N–H and O–H groups in total. The average molecular weight is 205 g/mol. The smallest absolute Gasteiger partial charge is 0.0961 e. The van der Waals surface area contributed by atoms with Crippen molar-refractivity contribution in [3.05, 3.63) is 30.1 Å². The van der Waals surface area contributed by atoms with E-state index in [1.807, 2.05) is 12.1 Å². The average Bonchev–Trinajstić information content (AvgIpc) is 2.24. The fourth-order valence-electron chi connectivity index (χ4n) is 2.64. The van der Waals surface area contributed by atoms with E-state index >= 15 is 0 Å². The van der Waals surface area contributed by atoms with Gasteiger partial charge in [0, 0.05) is 18.0 Å². The molecule has 1 saturated carbocycles. The van der Waals surface area contributed by atoms with Crippen LogP contribution in [0.25, 0.3) is 0 Å². The predicted molar refractivity (Wildman–Crippen MR) is 60.4 cm³/mol. The van der Waals surface area contributed by atoms with Gasteiger partial charge >= 0.3 is 0 Å². The molecule has 0 amide bonds. The van der Waals surface area contributed by atoms with Crippen LogP contribution in [0.15, 0.2) is 24.5 Å². The van der Waals surface area contributed by atoms with Crippen molar-refractivity contribution in [3.63, 3.8) is 0 Å². The Balaban J connectivity index is 2.40. The minimum Gasteiger partial charge on any atom is -0.385 e. The molecule has 1 heterocycles. The van der Waals surface area contributed by atoms with Crippen molar-refractivity contribution < 1.29 is 5.11 Å². The van der Waals surface area contributed by atoms with Gasteiger partial charge in [0.1, 0.15) is 0 Å². The first-order valence-corrected chi connectivity index (χ1v) is 5.69. The molecule has 82 valence electrons.